The van der Waals surface area contributed by atoms with E-state index in [1.54, 1.807) is 6.92 Å². The molecule has 0 radical (unpaired) electrons. The fourth-order valence-corrected chi connectivity index (χ4v) is 3.75. The number of nitrogens with one attached hydrogen (secondary N) is 2. The second kappa shape index (κ2) is 8.46. The van der Waals surface area contributed by atoms with Crippen LogP contribution in [-0.2, 0) is 9.53 Å². The van der Waals surface area contributed by atoms with Crippen molar-refractivity contribution in [2.75, 3.05) is 19.0 Å². The van der Waals surface area contributed by atoms with Crippen LogP contribution in [0.5, 0.6) is 0 Å². The molecule has 1 atom stereocenters. The molecule has 0 spiro atoms. The molecule has 1 aliphatic carbocycles. The van der Waals surface area contributed by atoms with E-state index >= 15 is 0 Å². The smallest absolute Gasteiger partial charge is 0.338 e. The minimum absolute atomic E-state index is 0.0327. The van der Waals surface area contributed by atoms with Gasteiger partial charge in [0.15, 0.2) is 0 Å². The third kappa shape index (κ3) is 4.62. The number of benzene rings is 1. The first-order valence-electron chi connectivity index (χ1n) is 9.72. The van der Waals surface area contributed by atoms with E-state index in [0.717, 1.165) is 36.9 Å². The molecule has 2 amide bonds. The first kappa shape index (κ1) is 19.3. The molecule has 27 heavy (non-hydrogen) atoms. The van der Waals surface area contributed by atoms with Crippen LogP contribution in [0.1, 0.15) is 57.1 Å². The Hall–Kier alpha value is -2.50. The van der Waals surface area contributed by atoms with E-state index in [1.807, 2.05) is 43.3 Å². The SMILES string of the molecule is CC1=C(C(=O)OC2CCCCCC2)C(c2ccc(N(C)C)cc2)NC(=O)N1. The van der Waals surface area contributed by atoms with E-state index in [-0.39, 0.29) is 18.1 Å². The Kier molecular flexibility index (Phi) is 6.04. The molecule has 6 heteroatoms. The summed E-state index contributed by atoms with van der Waals surface area (Å²) >= 11 is 0. The molecule has 1 saturated carbocycles. The van der Waals surface area contributed by atoms with E-state index in [1.165, 1.54) is 12.8 Å². The number of ether oxygens (including phenoxy) is 1. The van der Waals surface area contributed by atoms with Gasteiger partial charge in [0.2, 0.25) is 0 Å². The monoisotopic (exact) mass is 371 g/mol. The van der Waals surface area contributed by atoms with Crippen molar-refractivity contribution in [1.29, 1.82) is 0 Å². The van der Waals surface area contributed by atoms with Gasteiger partial charge in [-0.1, -0.05) is 25.0 Å². The predicted octanol–water partition coefficient (Wildman–Crippen LogP) is 3.65. The lowest BCUT2D eigenvalue weighted by atomic mass is 9.95. The van der Waals surface area contributed by atoms with Crippen molar-refractivity contribution in [1.82, 2.24) is 10.6 Å². The van der Waals surface area contributed by atoms with Gasteiger partial charge in [-0.2, -0.15) is 0 Å². The standard InChI is InChI=1S/C21H29N3O3/c1-14-18(20(25)27-17-8-6-4-5-7-9-17)19(23-21(26)22-14)15-10-12-16(13-11-15)24(2)3/h10-13,17,19H,4-9H2,1-3H3,(H2,22,23,26). The minimum Gasteiger partial charge on any atom is -0.459 e. The summed E-state index contributed by atoms with van der Waals surface area (Å²) in [6.45, 7) is 1.75. The molecule has 146 valence electrons. The summed E-state index contributed by atoms with van der Waals surface area (Å²) in [5, 5.41) is 5.58. The molecule has 1 aromatic rings. The lowest BCUT2D eigenvalue weighted by Crippen LogP contribution is -2.45. The normalized spacial score (nSPS) is 21.1. The Morgan fingerprint density at radius 1 is 1.07 bits per heavy atom. The summed E-state index contributed by atoms with van der Waals surface area (Å²) in [6.07, 6.45) is 6.40. The maximum absolute atomic E-state index is 13.0. The summed E-state index contributed by atoms with van der Waals surface area (Å²) in [5.74, 6) is -0.339. The van der Waals surface area contributed by atoms with Crippen molar-refractivity contribution < 1.29 is 14.3 Å². The van der Waals surface area contributed by atoms with Crippen LogP contribution in [0.3, 0.4) is 0 Å². The maximum Gasteiger partial charge on any atom is 0.338 e. The van der Waals surface area contributed by atoms with Crippen LogP contribution in [0.2, 0.25) is 0 Å². The van der Waals surface area contributed by atoms with Gasteiger partial charge in [-0.3, -0.25) is 0 Å². The minimum atomic E-state index is -0.506. The Morgan fingerprint density at radius 3 is 2.30 bits per heavy atom. The van der Waals surface area contributed by atoms with Gasteiger partial charge in [-0.25, -0.2) is 9.59 Å². The third-order valence-corrected chi connectivity index (χ3v) is 5.31. The molecule has 1 heterocycles. The number of amides is 2. The lowest BCUT2D eigenvalue weighted by molar-refractivity contribution is -0.145. The number of carbonyl (C=O) groups is 2. The highest BCUT2D eigenvalue weighted by Gasteiger charge is 2.33. The molecule has 2 N–H and O–H groups in total. The fraction of sp³-hybridized carbons (Fsp3) is 0.524. The molecular formula is C21H29N3O3. The number of rotatable bonds is 4. The fourth-order valence-electron chi connectivity index (χ4n) is 3.75. The maximum atomic E-state index is 13.0. The van der Waals surface area contributed by atoms with Gasteiger partial charge in [0.25, 0.3) is 0 Å². The van der Waals surface area contributed by atoms with Crippen molar-refractivity contribution in [2.24, 2.45) is 0 Å². The average molecular weight is 371 g/mol. The second-order valence-corrected chi connectivity index (χ2v) is 7.57. The zero-order valence-corrected chi connectivity index (χ0v) is 16.4. The van der Waals surface area contributed by atoms with E-state index in [4.69, 9.17) is 4.74 Å². The third-order valence-electron chi connectivity index (χ3n) is 5.31. The molecule has 1 aliphatic heterocycles. The molecule has 6 nitrogen and oxygen atoms in total. The summed E-state index contributed by atoms with van der Waals surface area (Å²) in [4.78, 5) is 27.0. The van der Waals surface area contributed by atoms with E-state index in [0.29, 0.717) is 11.3 Å². The van der Waals surface area contributed by atoms with Crippen LogP contribution in [0.25, 0.3) is 0 Å². The Morgan fingerprint density at radius 2 is 1.70 bits per heavy atom. The van der Waals surface area contributed by atoms with Crippen LogP contribution < -0.4 is 15.5 Å². The van der Waals surface area contributed by atoms with Gasteiger partial charge in [-0.05, 0) is 50.3 Å². The van der Waals surface area contributed by atoms with E-state index in [2.05, 4.69) is 10.6 Å². The highest BCUT2D eigenvalue weighted by molar-refractivity contribution is 5.95. The molecule has 1 aromatic carbocycles. The number of urea groups is 1. The number of nitrogens with zero attached hydrogens (tertiary/aromatic N) is 1. The highest BCUT2D eigenvalue weighted by Crippen LogP contribution is 2.30. The summed E-state index contributed by atoms with van der Waals surface area (Å²) < 4.78 is 5.83. The van der Waals surface area contributed by atoms with Crippen LogP contribution in [0.15, 0.2) is 35.5 Å². The molecular weight excluding hydrogens is 342 g/mol. The van der Waals surface area contributed by atoms with E-state index < -0.39 is 6.04 Å². The number of esters is 1. The lowest BCUT2D eigenvalue weighted by Gasteiger charge is -2.29. The molecule has 2 aliphatic rings. The van der Waals surface area contributed by atoms with Crippen LogP contribution in [-0.4, -0.2) is 32.2 Å². The molecule has 3 rings (SSSR count). The molecule has 0 aromatic heterocycles. The predicted molar refractivity (Wildman–Crippen MR) is 105 cm³/mol. The van der Waals surface area contributed by atoms with Crippen molar-refractivity contribution in [3.8, 4) is 0 Å². The number of anilines is 1. The van der Waals surface area contributed by atoms with Gasteiger partial charge in [-0.15, -0.1) is 0 Å². The Balaban J connectivity index is 1.83. The van der Waals surface area contributed by atoms with Crippen molar-refractivity contribution in [3.63, 3.8) is 0 Å². The summed E-state index contributed by atoms with van der Waals surface area (Å²) in [5.41, 5.74) is 2.96. The van der Waals surface area contributed by atoms with Crippen molar-refractivity contribution in [2.45, 2.75) is 57.6 Å². The number of allylic oxidation sites excluding steroid dienone is 1. The van der Waals surface area contributed by atoms with Gasteiger partial charge in [0, 0.05) is 25.5 Å². The van der Waals surface area contributed by atoms with Gasteiger partial charge >= 0.3 is 12.0 Å². The second-order valence-electron chi connectivity index (χ2n) is 7.57. The largest absolute Gasteiger partial charge is 0.459 e. The average Bonchev–Trinajstić information content (AvgIpc) is 2.89. The number of hydrogen-bond donors (Lipinski definition) is 2. The topological polar surface area (TPSA) is 70.7 Å². The molecule has 1 fully saturated rings. The zero-order valence-electron chi connectivity index (χ0n) is 16.4. The summed E-state index contributed by atoms with van der Waals surface area (Å²) in [7, 11) is 3.95. The Bertz CT molecular complexity index is 717. The number of hydrogen-bond acceptors (Lipinski definition) is 4. The van der Waals surface area contributed by atoms with Gasteiger partial charge in [0.1, 0.15) is 6.10 Å². The van der Waals surface area contributed by atoms with Gasteiger partial charge in [0.05, 0.1) is 11.6 Å². The van der Waals surface area contributed by atoms with Crippen LogP contribution in [0.4, 0.5) is 10.5 Å². The summed E-state index contributed by atoms with van der Waals surface area (Å²) in [6, 6.07) is 7.03. The molecule has 0 saturated heterocycles. The zero-order chi connectivity index (χ0) is 19.4. The Labute approximate surface area is 161 Å². The highest BCUT2D eigenvalue weighted by atomic mass is 16.5. The first-order valence-corrected chi connectivity index (χ1v) is 9.72. The van der Waals surface area contributed by atoms with Crippen molar-refractivity contribution >= 4 is 17.7 Å². The quantitative estimate of drug-likeness (QED) is 0.626. The molecule has 1 unspecified atom stereocenters. The molecule has 0 bridgehead atoms. The van der Waals surface area contributed by atoms with Crippen LogP contribution in [0, 0.1) is 0 Å². The number of carbonyl (C=O) groups excluding carboxylic acids is 2. The van der Waals surface area contributed by atoms with E-state index in [9.17, 15) is 9.59 Å². The van der Waals surface area contributed by atoms with Crippen molar-refractivity contribution in [3.05, 3.63) is 41.1 Å². The van der Waals surface area contributed by atoms with Gasteiger partial charge < -0.3 is 20.3 Å². The first-order chi connectivity index (χ1) is 13.0. The van der Waals surface area contributed by atoms with Crippen LogP contribution >= 0.6 is 0 Å².